The summed E-state index contributed by atoms with van der Waals surface area (Å²) in [7, 11) is 0. The van der Waals surface area contributed by atoms with E-state index in [0.717, 1.165) is 23.7 Å². The zero-order chi connectivity index (χ0) is 22.0. The first-order valence-corrected chi connectivity index (χ1v) is 14.0. The standard InChI is InChI=1S/C30H51N/c1-2-3-4-6-9-14-27-18-22-29(23-19-27)16-11-12-17-30-24-20-28(21-25-30)15-10-7-5-8-13-26-31/h5,7-8,13,27-30H,2-4,6,9-12,14-25H2,1H3/t27-,28?,29-,30?. The summed E-state index contributed by atoms with van der Waals surface area (Å²) < 4.78 is 0. The van der Waals surface area contributed by atoms with Crippen molar-refractivity contribution in [2.75, 3.05) is 0 Å². The van der Waals surface area contributed by atoms with E-state index in [1.165, 1.54) is 128 Å². The average Bonchev–Trinajstić information content (AvgIpc) is 2.81. The van der Waals surface area contributed by atoms with Gasteiger partial charge in [-0.1, -0.05) is 141 Å². The average molecular weight is 426 g/mol. The lowest BCUT2D eigenvalue weighted by atomic mass is 9.76. The van der Waals surface area contributed by atoms with E-state index in [1.54, 1.807) is 6.08 Å². The Hall–Kier alpha value is -1.03. The lowest BCUT2D eigenvalue weighted by molar-refractivity contribution is 0.232. The van der Waals surface area contributed by atoms with Crippen LogP contribution in [0.15, 0.2) is 24.3 Å². The highest BCUT2D eigenvalue weighted by molar-refractivity contribution is 5.11. The minimum absolute atomic E-state index is 0.947. The van der Waals surface area contributed by atoms with E-state index in [2.05, 4.69) is 13.0 Å². The molecule has 0 amide bonds. The highest BCUT2D eigenvalue weighted by Gasteiger charge is 2.22. The molecule has 1 heteroatoms. The van der Waals surface area contributed by atoms with E-state index in [0.29, 0.717) is 0 Å². The molecule has 0 bridgehead atoms. The molecule has 0 saturated heterocycles. The Balaban J connectivity index is 1.42. The zero-order valence-electron chi connectivity index (χ0n) is 20.7. The SMILES string of the molecule is CCCCCCC[C@H]1CC[C@H](CCCCC2CCC(CCC=CC=CC#N)CC2)CC1. The first-order chi connectivity index (χ1) is 15.3. The van der Waals surface area contributed by atoms with Gasteiger partial charge in [0.15, 0.2) is 0 Å². The van der Waals surface area contributed by atoms with E-state index >= 15 is 0 Å². The van der Waals surface area contributed by atoms with Gasteiger partial charge in [-0.2, -0.15) is 5.26 Å². The lowest BCUT2D eigenvalue weighted by Gasteiger charge is -2.30. The predicted molar refractivity (Wildman–Crippen MR) is 136 cm³/mol. The lowest BCUT2D eigenvalue weighted by Crippen LogP contribution is -2.15. The number of nitrogens with zero attached hydrogens (tertiary/aromatic N) is 1. The summed E-state index contributed by atoms with van der Waals surface area (Å²) in [6.45, 7) is 2.31. The summed E-state index contributed by atoms with van der Waals surface area (Å²) in [4.78, 5) is 0. The van der Waals surface area contributed by atoms with E-state index in [1.807, 2.05) is 18.2 Å². The second-order valence-corrected chi connectivity index (χ2v) is 10.8. The molecule has 0 aromatic carbocycles. The summed E-state index contributed by atoms with van der Waals surface area (Å²) in [6, 6.07) is 2.03. The molecule has 2 aliphatic carbocycles. The molecular formula is C30H51N. The fourth-order valence-corrected chi connectivity index (χ4v) is 6.13. The van der Waals surface area contributed by atoms with Crippen LogP contribution in [0, 0.1) is 35.0 Å². The van der Waals surface area contributed by atoms with Crippen LogP contribution in [0.1, 0.15) is 135 Å². The first kappa shape index (κ1) is 26.2. The van der Waals surface area contributed by atoms with Crippen molar-refractivity contribution in [1.82, 2.24) is 0 Å². The van der Waals surface area contributed by atoms with Gasteiger partial charge in [0.1, 0.15) is 0 Å². The van der Waals surface area contributed by atoms with Crippen LogP contribution >= 0.6 is 0 Å². The van der Waals surface area contributed by atoms with Crippen LogP contribution < -0.4 is 0 Å². The van der Waals surface area contributed by atoms with Crippen molar-refractivity contribution in [2.45, 2.75) is 135 Å². The Morgan fingerprint density at radius 3 is 1.55 bits per heavy atom. The molecule has 0 atom stereocenters. The number of allylic oxidation sites excluding steroid dienone is 4. The van der Waals surface area contributed by atoms with Crippen LogP contribution in [0.25, 0.3) is 0 Å². The molecule has 0 heterocycles. The molecule has 2 saturated carbocycles. The molecule has 0 aliphatic heterocycles. The molecule has 0 N–H and O–H groups in total. The van der Waals surface area contributed by atoms with Crippen LogP contribution in [0.4, 0.5) is 0 Å². The van der Waals surface area contributed by atoms with Crippen LogP contribution in [0.2, 0.25) is 0 Å². The number of unbranched alkanes of at least 4 members (excludes halogenated alkanes) is 5. The maximum Gasteiger partial charge on any atom is 0.0912 e. The number of hydrogen-bond donors (Lipinski definition) is 0. The van der Waals surface area contributed by atoms with E-state index in [4.69, 9.17) is 5.26 Å². The molecule has 31 heavy (non-hydrogen) atoms. The fraction of sp³-hybridized carbons (Fsp3) is 0.833. The third-order valence-electron chi connectivity index (χ3n) is 8.28. The van der Waals surface area contributed by atoms with E-state index in [-0.39, 0.29) is 0 Å². The molecule has 176 valence electrons. The monoisotopic (exact) mass is 425 g/mol. The predicted octanol–water partition coefficient (Wildman–Crippen LogP) is 9.94. The van der Waals surface area contributed by atoms with Gasteiger partial charge in [-0.3, -0.25) is 0 Å². The Kier molecular flexibility index (Phi) is 14.8. The second-order valence-electron chi connectivity index (χ2n) is 10.8. The van der Waals surface area contributed by atoms with Crippen LogP contribution in [-0.2, 0) is 0 Å². The molecule has 2 fully saturated rings. The highest BCUT2D eigenvalue weighted by atomic mass is 14.3. The first-order valence-electron chi connectivity index (χ1n) is 14.0. The number of hydrogen-bond acceptors (Lipinski definition) is 1. The summed E-state index contributed by atoms with van der Waals surface area (Å²) >= 11 is 0. The van der Waals surface area contributed by atoms with E-state index in [9.17, 15) is 0 Å². The Morgan fingerprint density at radius 2 is 1.06 bits per heavy atom. The van der Waals surface area contributed by atoms with Crippen molar-refractivity contribution in [2.24, 2.45) is 23.7 Å². The summed E-state index contributed by atoms with van der Waals surface area (Å²) in [6.07, 6.45) is 36.9. The molecule has 1 nitrogen and oxygen atoms in total. The Morgan fingerprint density at radius 1 is 0.613 bits per heavy atom. The molecule has 2 aliphatic rings. The minimum atomic E-state index is 0.947. The van der Waals surface area contributed by atoms with Gasteiger partial charge in [0.05, 0.1) is 6.07 Å². The topological polar surface area (TPSA) is 23.8 Å². The molecule has 0 aromatic heterocycles. The largest absolute Gasteiger partial charge is 0.193 e. The number of nitriles is 1. The Bertz CT molecular complexity index is 509. The quantitative estimate of drug-likeness (QED) is 0.145. The third-order valence-corrected chi connectivity index (χ3v) is 8.28. The van der Waals surface area contributed by atoms with Crippen LogP contribution in [-0.4, -0.2) is 0 Å². The van der Waals surface area contributed by atoms with Gasteiger partial charge in [-0.25, -0.2) is 0 Å². The Labute approximate surface area is 194 Å². The van der Waals surface area contributed by atoms with Crippen molar-refractivity contribution in [3.05, 3.63) is 24.3 Å². The molecular weight excluding hydrogens is 374 g/mol. The summed E-state index contributed by atoms with van der Waals surface area (Å²) in [5.41, 5.74) is 0. The highest BCUT2D eigenvalue weighted by Crippen LogP contribution is 2.36. The molecule has 0 aromatic rings. The van der Waals surface area contributed by atoms with Crippen molar-refractivity contribution < 1.29 is 0 Å². The van der Waals surface area contributed by atoms with Gasteiger partial charge in [-0.15, -0.1) is 0 Å². The fourth-order valence-electron chi connectivity index (χ4n) is 6.13. The third kappa shape index (κ3) is 12.6. The second kappa shape index (κ2) is 17.5. The maximum atomic E-state index is 8.48. The van der Waals surface area contributed by atoms with Gasteiger partial charge in [-0.05, 0) is 36.5 Å². The van der Waals surface area contributed by atoms with Crippen LogP contribution in [0.3, 0.4) is 0 Å². The van der Waals surface area contributed by atoms with Gasteiger partial charge in [0, 0.05) is 6.08 Å². The smallest absolute Gasteiger partial charge is 0.0912 e. The zero-order valence-corrected chi connectivity index (χ0v) is 20.7. The number of rotatable bonds is 15. The summed E-state index contributed by atoms with van der Waals surface area (Å²) in [5, 5.41) is 8.48. The van der Waals surface area contributed by atoms with Gasteiger partial charge in [0.2, 0.25) is 0 Å². The summed E-state index contributed by atoms with van der Waals surface area (Å²) in [5.74, 6) is 4.09. The molecule has 2 rings (SSSR count). The van der Waals surface area contributed by atoms with Crippen molar-refractivity contribution in [3.63, 3.8) is 0 Å². The molecule has 0 radical (unpaired) electrons. The van der Waals surface area contributed by atoms with Gasteiger partial charge >= 0.3 is 0 Å². The van der Waals surface area contributed by atoms with Crippen molar-refractivity contribution in [1.29, 1.82) is 5.26 Å². The van der Waals surface area contributed by atoms with E-state index < -0.39 is 0 Å². The van der Waals surface area contributed by atoms with Crippen molar-refractivity contribution >= 4 is 0 Å². The molecule has 0 spiro atoms. The van der Waals surface area contributed by atoms with Gasteiger partial charge in [0.25, 0.3) is 0 Å². The van der Waals surface area contributed by atoms with Gasteiger partial charge < -0.3 is 0 Å². The normalized spacial score (nSPS) is 27.1. The maximum absolute atomic E-state index is 8.48. The molecule has 0 unspecified atom stereocenters. The van der Waals surface area contributed by atoms with Crippen molar-refractivity contribution in [3.8, 4) is 6.07 Å². The minimum Gasteiger partial charge on any atom is -0.193 e. The van der Waals surface area contributed by atoms with Crippen LogP contribution in [0.5, 0.6) is 0 Å².